The van der Waals surface area contributed by atoms with Crippen LogP contribution in [0.1, 0.15) is 76.0 Å². The summed E-state index contributed by atoms with van der Waals surface area (Å²) < 4.78 is 0. The Kier molecular flexibility index (Phi) is 10.2. The molecule has 3 amide bonds. The van der Waals surface area contributed by atoms with Gasteiger partial charge in [-0.2, -0.15) is 0 Å². The number of rotatable bonds is 12. The molecule has 3 aromatic rings. The van der Waals surface area contributed by atoms with E-state index in [1.807, 2.05) is 20.8 Å². The Labute approximate surface area is 224 Å². The Morgan fingerprint density at radius 3 is 0.974 bits per heavy atom. The summed E-state index contributed by atoms with van der Waals surface area (Å²) in [5.41, 5.74) is 2.25. The third-order valence-electron chi connectivity index (χ3n) is 6.19. The first-order valence-electron chi connectivity index (χ1n) is 13.2. The van der Waals surface area contributed by atoms with E-state index < -0.39 is 5.60 Å². The summed E-state index contributed by atoms with van der Waals surface area (Å²) in [6, 6.07) is 21.3. The van der Waals surface area contributed by atoms with Gasteiger partial charge in [0.05, 0.1) is 0 Å². The Bertz CT molecular complexity index is 1070. The van der Waals surface area contributed by atoms with Crippen molar-refractivity contribution in [1.29, 1.82) is 0 Å². The van der Waals surface area contributed by atoms with Gasteiger partial charge in [0.15, 0.2) is 0 Å². The molecule has 0 aliphatic carbocycles. The van der Waals surface area contributed by atoms with Gasteiger partial charge in [0.25, 0.3) is 0 Å². The minimum absolute atomic E-state index is 0.0584. The number of nitrogens with one attached hydrogen (secondary N) is 3. The minimum Gasteiger partial charge on any atom is -0.376 e. The zero-order valence-corrected chi connectivity index (χ0v) is 22.3. The van der Waals surface area contributed by atoms with Crippen LogP contribution in [0.3, 0.4) is 0 Å². The van der Waals surface area contributed by atoms with Crippen molar-refractivity contribution in [2.24, 2.45) is 0 Å². The van der Waals surface area contributed by atoms with Gasteiger partial charge in [0.1, 0.15) is 5.60 Å². The Morgan fingerprint density at radius 1 is 0.526 bits per heavy atom. The first-order valence-corrected chi connectivity index (χ1v) is 13.2. The van der Waals surface area contributed by atoms with Crippen LogP contribution in [-0.4, -0.2) is 22.8 Å². The van der Waals surface area contributed by atoms with Gasteiger partial charge >= 0.3 is 0 Å². The van der Waals surface area contributed by atoms with Crippen molar-refractivity contribution in [3.05, 3.63) is 89.5 Å². The molecular weight excluding hydrogens is 478 g/mol. The molecule has 3 rings (SSSR count). The number of hydrogen-bond acceptors (Lipinski definition) is 4. The Balaban J connectivity index is 1.97. The van der Waals surface area contributed by atoms with Gasteiger partial charge in [-0.15, -0.1) is 0 Å². The third kappa shape index (κ3) is 7.29. The summed E-state index contributed by atoms with van der Waals surface area (Å²) in [6.45, 7) is 5.84. The quantitative estimate of drug-likeness (QED) is 0.216. The lowest BCUT2D eigenvalue weighted by atomic mass is 9.80. The highest BCUT2D eigenvalue weighted by Crippen LogP contribution is 2.38. The van der Waals surface area contributed by atoms with Crippen molar-refractivity contribution in [2.45, 2.75) is 64.9 Å². The van der Waals surface area contributed by atoms with Gasteiger partial charge in [-0.3, -0.25) is 14.4 Å². The number of amides is 3. The van der Waals surface area contributed by atoms with Crippen molar-refractivity contribution in [1.82, 2.24) is 0 Å². The fourth-order valence-electron chi connectivity index (χ4n) is 4.24. The summed E-state index contributed by atoms with van der Waals surface area (Å²) in [4.78, 5) is 36.0. The minimum atomic E-state index is -1.52. The van der Waals surface area contributed by atoms with E-state index in [0.29, 0.717) is 53.0 Å². The summed E-state index contributed by atoms with van der Waals surface area (Å²) in [5.74, 6) is -0.175. The number of anilines is 3. The van der Waals surface area contributed by atoms with Crippen molar-refractivity contribution >= 4 is 34.8 Å². The molecule has 3 aromatic carbocycles. The predicted octanol–water partition coefficient (Wildman–Crippen LogP) is 6.19. The van der Waals surface area contributed by atoms with Gasteiger partial charge < -0.3 is 21.1 Å². The molecule has 0 atom stereocenters. The molecule has 0 bridgehead atoms. The van der Waals surface area contributed by atoms with E-state index in [4.69, 9.17) is 0 Å². The molecule has 0 fully saturated rings. The molecule has 7 heteroatoms. The summed E-state index contributed by atoms with van der Waals surface area (Å²) in [5, 5.41) is 20.9. The number of benzene rings is 3. The SMILES string of the molecule is CCCC(=O)Nc1ccc(C(O)(c2ccc(NC(=O)CCC)cc2)c2ccc(NC(=O)CCC)cc2)cc1. The highest BCUT2D eigenvalue weighted by molar-refractivity contribution is 5.91. The van der Waals surface area contributed by atoms with Crippen LogP contribution in [0.4, 0.5) is 17.1 Å². The molecule has 0 radical (unpaired) electrons. The number of aliphatic hydroxyl groups is 1. The normalized spacial score (nSPS) is 11.1. The molecule has 0 spiro atoms. The second-order valence-electron chi connectivity index (χ2n) is 9.34. The second kappa shape index (κ2) is 13.5. The molecule has 7 nitrogen and oxygen atoms in total. The Hall–Kier alpha value is -3.97. The van der Waals surface area contributed by atoms with Crippen LogP contribution in [-0.2, 0) is 20.0 Å². The first kappa shape index (κ1) is 28.6. The molecular formula is C31H37N3O4. The smallest absolute Gasteiger partial charge is 0.224 e. The molecule has 38 heavy (non-hydrogen) atoms. The van der Waals surface area contributed by atoms with E-state index >= 15 is 0 Å². The number of carbonyl (C=O) groups excluding carboxylic acids is 3. The second-order valence-corrected chi connectivity index (χ2v) is 9.34. The van der Waals surface area contributed by atoms with Gasteiger partial charge in [0.2, 0.25) is 17.7 Å². The van der Waals surface area contributed by atoms with Gasteiger partial charge in [0, 0.05) is 36.3 Å². The van der Waals surface area contributed by atoms with E-state index in [1.54, 1.807) is 72.8 Å². The van der Waals surface area contributed by atoms with Gasteiger partial charge in [-0.1, -0.05) is 57.2 Å². The maximum absolute atomic E-state index is 12.2. The van der Waals surface area contributed by atoms with Crippen molar-refractivity contribution in [3.63, 3.8) is 0 Å². The summed E-state index contributed by atoms with van der Waals surface area (Å²) in [7, 11) is 0. The highest BCUT2D eigenvalue weighted by atomic mass is 16.3. The molecule has 0 unspecified atom stereocenters. The monoisotopic (exact) mass is 515 g/mol. The highest BCUT2D eigenvalue weighted by Gasteiger charge is 2.34. The van der Waals surface area contributed by atoms with Crippen molar-refractivity contribution in [2.75, 3.05) is 16.0 Å². The van der Waals surface area contributed by atoms with Crippen LogP contribution in [0.25, 0.3) is 0 Å². The zero-order chi connectivity index (χ0) is 27.5. The van der Waals surface area contributed by atoms with Crippen molar-refractivity contribution < 1.29 is 19.5 Å². The van der Waals surface area contributed by atoms with Crippen molar-refractivity contribution in [3.8, 4) is 0 Å². The van der Waals surface area contributed by atoms with Crippen LogP contribution in [0, 0.1) is 0 Å². The molecule has 0 saturated heterocycles. The van der Waals surface area contributed by atoms with Crippen LogP contribution in [0.15, 0.2) is 72.8 Å². The van der Waals surface area contributed by atoms with E-state index in [-0.39, 0.29) is 17.7 Å². The summed E-state index contributed by atoms with van der Waals surface area (Å²) >= 11 is 0. The fourth-order valence-corrected chi connectivity index (χ4v) is 4.24. The molecule has 200 valence electrons. The molecule has 4 N–H and O–H groups in total. The van der Waals surface area contributed by atoms with E-state index in [1.165, 1.54) is 0 Å². The molecule has 0 saturated carbocycles. The lowest BCUT2D eigenvalue weighted by Crippen LogP contribution is -2.29. The van der Waals surface area contributed by atoms with Crippen LogP contribution in [0.5, 0.6) is 0 Å². The topological polar surface area (TPSA) is 108 Å². The van der Waals surface area contributed by atoms with E-state index in [0.717, 1.165) is 19.3 Å². The number of hydrogen-bond donors (Lipinski definition) is 4. The van der Waals surface area contributed by atoms with E-state index in [9.17, 15) is 19.5 Å². The third-order valence-corrected chi connectivity index (χ3v) is 6.19. The van der Waals surface area contributed by atoms with Gasteiger partial charge in [-0.25, -0.2) is 0 Å². The van der Waals surface area contributed by atoms with Crippen LogP contribution >= 0.6 is 0 Å². The zero-order valence-electron chi connectivity index (χ0n) is 22.3. The molecule has 0 aliphatic heterocycles. The lowest BCUT2D eigenvalue weighted by molar-refractivity contribution is -0.117. The lowest BCUT2D eigenvalue weighted by Gasteiger charge is -2.30. The average Bonchev–Trinajstić information content (AvgIpc) is 2.90. The van der Waals surface area contributed by atoms with Gasteiger partial charge in [-0.05, 0) is 72.4 Å². The standard InChI is InChI=1S/C31H37N3O4/c1-4-7-28(35)32-25-16-10-22(11-17-25)31(38,23-12-18-26(19-13-23)33-29(36)8-5-2)24-14-20-27(21-15-24)34-30(37)9-6-3/h10-21,38H,4-9H2,1-3H3,(H,32,35)(H,33,36)(H,34,37). The van der Waals surface area contributed by atoms with E-state index in [2.05, 4.69) is 16.0 Å². The molecule has 0 aromatic heterocycles. The summed E-state index contributed by atoms with van der Waals surface area (Å²) in [6.07, 6.45) is 3.59. The van der Waals surface area contributed by atoms with Crippen LogP contribution < -0.4 is 16.0 Å². The maximum Gasteiger partial charge on any atom is 0.224 e. The van der Waals surface area contributed by atoms with Crippen LogP contribution in [0.2, 0.25) is 0 Å². The number of carbonyl (C=O) groups is 3. The first-order chi connectivity index (χ1) is 18.3. The largest absolute Gasteiger partial charge is 0.376 e. The maximum atomic E-state index is 12.2. The molecule has 0 heterocycles. The Morgan fingerprint density at radius 2 is 0.763 bits per heavy atom. The predicted molar refractivity (Wildman–Crippen MR) is 152 cm³/mol. The molecule has 0 aliphatic rings. The fraction of sp³-hybridized carbons (Fsp3) is 0.323. The average molecular weight is 516 g/mol.